The SMILES string of the molecule is Cc1ccccc1CSCC(=O)NCC(N)=O. The van der Waals surface area contributed by atoms with Crippen molar-refractivity contribution in [3.63, 3.8) is 0 Å². The molecular weight excluding hydrogens is 236 g/mol. The molecule has 1 aromatic rings. The van der Waals surface area contributed by atoms with Crippen LogP contribution in [0.2, 0.25) is 0 Å². The first-order valence-electron chi connectivity index (χ1n) is 5.27. The molecule has 2 amide bonds. The molecule has 0 spiro atoms. The van der Waals surface area contributed by atoms with E-state index >= 15 is 0 Å². The Morgan fingerprint density at radius 1 is 1.35 bits per heavy atom. The Hall–Kier alpha value is -1.49. The van der Waals surface area contributed by atoms with E-state index in [4.69, 9.17) is 5.73 Å². The van der Waals surface area contributed by atoms with Crippen LogP contribution in [0, 0.1) is 6.92 Å². The number of hydrogen-bond donors (Lipinski definition) is 2. The normalized spacial score (nSPS) is 9.94. The van der Waals surface area contributed by atoms with Crippen LogP contribution in [0.3, 0.4) is 0 Å². The van der Waals surface area contributed by atoms with E-state index in [-0.39, 0.29) is 12.5 Å². The largest absolute Gasteiger partial charge is 0.368 e. The van der Waals surface area contributed by atoms with E-state index in [1.807, 2.05) is 31.2 Å². The Morgan fingerprint density at radius 2 is 2.06 bits per heavy atom. The van der Waals surface area contributed by atoms with E-state index in [0.29, 0.717) is 5.75 Å². The summed E-state index contributed by atoms with van der Waals surface area (Å²) in [6.45, 7) is 1.95. The predicted octanol–water partition coefficient (Wildman–Crippen LogP) is 0.830. The Labute approximate surface area is 105 Å². The molecule has 0 bridgehead atoms. The minimum Gasteiger partial charge on any atom is -0.368 e. The molecule has 0 aliphatic rings. The van der Waals surface area contributed by atoms with Crippen LogP contribution in [-0.4, -0.2) is 24.1 Å². The van der Waals surface area contributed by atoms with Gasteiger partial charge in [0.25, 0.3) is 0 Å². The van der Waals surface area contributed by atoms with Crippen LogP contribution in [-0.2, 0) is 15.3 Å². The summed E-state index contributed by atoms with van der Waals surface area (Å²) in [7, 11) is 0. The highest BCUT2D eigenvalue weighted by Gasteiger charge is 2.03. The molecule has 4 nitrogen and oxygen atoms in total. The molecule has 92 valence electrons. The van der Waals surface area contributed by atoms with Gasteiger partial charge in [0.2, 0.25) is 11.8 Å². The highest BCUT2D eigenvalue weighted by Crippen LogP contribution is 2.15. The lowest BCUT2D eigenvalue weighted by Crippen LogP contribution is -2.34. The van der Waals surface area contributed by atoms with Crippen LogP contribution in [0.15, 0.2) is 24.3 Å². The predicted molar refractivity (Wildman–Crippen MR) is 69.5 cm³/mol. The average molecular weight is 252 g/mol. The number of amides is 2. The molecule has 0 aliphatic heterocycles. The maximum absolute atomic E-state index is 11.3. The lowest BCUT2D eigenvalue weighted by Gasteiger charge is -2.05. The maximum Gasteiger partial charge on any atom is 0.236 e. The molecule has 1 rings (SSSR count). The fourth-order valence-corrected chi connectivity index (χ4v) is 2.20. The highest BCUT2D eigenvalue weighted by molar-refractivity contribution is 7.99. The van der Waals surface area contributed by atoms with Gasteiger partial charge < -0.3 is 11.1 Å². The van der Waals surface area contributed by atoms with Crippen molar-refractivity contribution in [2.75, 3.05) is 12.3 Å². The number of benzene rings is 1. The molecule has 0 saturated heterocycles. The van der Waals surface area contributed by atoms with E-state index in [9.17, 15) is 9.59 Å². The quantitative estimate of drug-likeness (QED) is 0.787. The van der Waals surface area contributed by atoms with Gasteiger partial charge in [-0.3, -0.25) is 9.59 Å². The number of carbonyl (C=O) groups is 2. The van der Waals surface area contributed by atoms with Crippen LogP contribution in [0.4, 0.5) is 0 Å². The van der Waals surface area contributed by atoms with Gasteiger partial charge in [-0.1, -0.05) is 24.3 Å². The monoisotopic (exact) mass is 252 g/mol. The molecule has 3 N–H and O–H groups in total. The van der Waals surface area contributed by atoms with Crippen molar-refractivity contribution in [1.82, 2.24) is 5.32 Å². The number of nitrogens with one attached hydrogen (secondary N) is 1. The first-order chi connectivity index (χ1) is 8.09. The summed E-state index contributed by atoms with van der Waals surface area (Å²) < 4.78 is 0. The van der Waals surface area contributed by atoms with Crippen LogP contribution in [0.5, 0.6) is 0 Å². The topological polar surface area (TPSA) is 72.2 Å². The Balaban J connectivity index is 2.26. The van der Waals surface area contributed by atoms with Gasteiger partial charge in [-0.15, -0.1) is 11.8 Å². The van der Waals surface area contributed by atoms with E-state index in [1.165, 1.54) is 22.9 Å². The number of aryl methyl sites for hydroxylation is 1. The van der Waals surface area contributed by atoms with Gasteiger partial charge in [0.1, 0.15) is 0 Å². The highest BCUT2D eigenvalue weighted by atomic mass is 32.2. The Bertz CT molecular complexity index is 407. The third-order valence-electron chi connectivity index (χ3n) is 2.21. The molecular formula is C12H16N2O2S. The van der Waals surface area contributed by atoms with E-state index in [2.05, 4.69) is 5.32 Å². The number of thioether (sulfide) groups is 1. The minimum atomic E-state index is -0.526. The van der Waals surface area contributed by atoms with Crippen LogP contribution < -0.4 is 11.1 Å². The average Bonchev–Trinajstić information content (AvgIpc) is 2.29. The van der Waals surface area contributed by atoms with Crippen molar-refractivity contribution >= 4 is 23.6 Å². The number of rotatable bonds is 6. The first-order valence-corrected chi connectivity index (χ1v) is 6.42. The number of nitrogens with two attached hydrogens (primary N) is 1. The molecule has 0 aromatic heterocycles. The zero-order valence-corrected chi connectivity index (χ0v) is 10.5. The van der Waals surface area contributed by atoms with Crippen LogP contribution in [0.1, 0.15) is 11.1 Å². The third kappa shape index (κ3) is 5.40. The second-order valence-electron chi connectivity index (χ2n) is 3.66. The zero-order chi connectivity index (χ0) is 12.7. The lowest BCUT2D eigenvalue weighted by molar-refractivity contribution is -0.123. The van der Waals surface area contributed by atoms with E-state index in [0.717, 1.165) is 5.75 Å². The Kier molecular flexibility index (Phi) is 5.56. The van der Waals surface area contributed by atoms with Crippen molar-refractivity contribution in [1.29, 1.82) is 0 Å². The smallest absolute Gasteiger partial charge is 0.236 e. The minimum absolute atomic E-state index is 0.0935. The van der Waals surface area contributed by atoms with Gasteiger partial charge in [0, 0.05) is 5.75 Å². The van der Waals surface area contributed by atoms with Crippen LogP contribution in [0.25, 0.3) is 0 Å². The van der Waals surface area contributed by atoms with Gasteiger partial charge in [-0.05, 0) is 18.1 Å². The molecule has 0 radical (unpaired) electrons. The lowest BCUT2D eigenvalue weighted by atomic mass is 10.1. The van der Waals surface area contributed by atoms with E-state index < -0.39 is 5.91 Å². The fraction of sp³-hybridized carbons (Fsp3) is 0.333. The van der Waals surface area contributed by atoms with Gasteiger partial charge >= 0.3 is 0 Å². The van der Waals surface area contributed by atoms with Gasteiger partial charge in [0.15, 0.2) is 0 Å². The number of carbonyl (C=O) groups excluding carboxylic acids is 2. The first kappa shape index (κ1) is 13.6. The van der Waals surface area contributed by atoms with Crippen molar-refractivity contribution in [2.24, 2.45) is 5.73 Å². The summed E-state index contributed by atoms with van der Waals surface area (Å²) in [4.78, 5) is 21.7. The zero-order valence-electron chi connectivity index (χ0n) is 9.73. The second kappa shape index (κ2) is 6.96. The second-order valence-corrected chi connectivity index (χ2v) is 4.65. The van der Waals surface area contributed by atoms with Gasteiger partial charge in [-0.2, -0.15) is 0 Å². The molecule has 0 atom stereocenters. The van der Waals surface area contributed by atoms with Crippen molar-refractivity contribution in [3.8, 4) is 0 Å². The van der Waals surface area contributed by atoms with Crippen LogP contribution >= 0.6 is 11.8 Å². The summed E-state index contributed by atoms with van der Waals surface area (Å²) in [5, 5.41) is 2.45. The molecule has 0 unspecified atom stereocenters. The summed E-state index contributed by atoms with van der Waals surface area (Å²) in [5.41, 5.74) is 7.36. The standard InChI is InChI=1S/C12H16N2O2S/c1-9-4-2-3-5-10(9)7-17-8-12(16)14-6-11(13)15/h2-5H,6-8H2,1H3,(H2,13,15)(H,14,16). The maximum atomic E-state index is 11.3. The van der Waals surface area contributed by atoms with Crippen molar-refractivity contribution < 1.29 is 9.59 Å². The summed E-state index contributed by atoms with van der Waals surface area (Å²) in [6, 6.07) is 8.06. The van der Waals surface area contributed by atoms with Gasteiger partial charge in [0.05, 0.1) is 12.3 Å². The molecule has 0 heterocycles. The van der Waals surface area contributed by atoms with Crippen molar-refractivity contribution in [2.45, 2.75) is 12.7 Å². The van der Waals surface area contributed by atoms with E-state index in [1.54, 1.807) is 0 Å². The Morgan fingerprint density at radius 3 is 2.71 bits per heavy atom. The molecule has 1 aromatic carbocycles. The molecule has 0 saturated carbocycles. The molecule has 0 fully saturated rings. The molecule has 17 heavy (non-hydrogen) atoms. The summed E-state index contributed by atoms with van der Waals surface area (Å²) in [6.07, 6.45) is 0. The van der Waals surface area contributed by atoms with Gasteiger partial charge in [-0.25, -0.2) is 0 Å². The number of primary amides is 1. The summed E-state index contributed by atoms with van der Waals surface area (Å²) >= 11 is 1.52. The third-order valence-corrected chi connectivity index (χ3v) is 3.19. The summed E-state index contributed by atoms with van der Waals surface area (Å²) in [5.74, 6) is 0.433. The van der Waals surface area contributed by atoms with Crippen molar-refractivity contribution in [3.05, 3.63) is 35.4 Å². The fourth-order valence-electron chi connectivity index (χ4n) is 1.26. The number of hydrogen-bond acceptors (Lipinski definition) is 3. The molecule has 5 heteroatoms. The molecule has 0 aliphatic carbocycles.